The molecular weight excluding hydrogens is 320 g/mol. The number of hydrogen-bond donors (Lipinski definition) is 1. The number of thioether (sulfide) groups is 1. The highest BCUT2D eigenvalue weighted by molar-refractivity contribution is 7.98. The molecule has 0 radical (unpaired) electrons. The number of hydrogen-bond acceptors (Lipinski definition) is 3. The minimum absolute atomic E-state index is 0.116. The van der Waals surface area contributed by atoms with Crippen LogP contribution in [-0.2, 0) is 6.54 Å². The molecular formula is C18H24N4OS. The molecule has 3 rings (SSSR count). The Hall–Kier alpha value is -1.95. The zero-order valence-corrected chi connectivity index (χ0v) is 15.2. The van der Waals surface area contributed by atoms with Crippen LogP contribution < -0.4 is 5.32 Å². The number of rotatable bonds is 6. The third-order valence-corrected chi connectivity index (χ3v) is 5.22. The van der Waals surface area contributed by atoms with Gasteiger partial charge in [-0.25, -0.2) is 9.48 Å². The van der Waals surface area contributed by atoms with E-state index < -0.39 is 0 Å². The number of benzene rings is 1. The van der Waals surface area contributed by atoms with E-state index in [1.165, 1.54) is 17.7 Å². The molecule has 1 atom stereocenters. The van der Waals surface area contributed by atoms with Crippen LogP contribution in [0.5, 0.6) is 0 Å². The van der Waals surface area contributed by atoms with Gasteiger partial charge >= 0.3 is 6.03 Å². The van der Waals surface area contributed by atoms with Crippen molar-refractivity contribution >= 4 is 23.6 Å². The van der Waals surface area contributed by atoms with E-state index in [1.54, 1.807) is 22.9 Å². The molecule has 1 saturated carbocycles. The maximum atomic E-state index is 12.5. The summed E-state index contributed by atoms with van der Waals surface area (Å²) in [7, 11) is 1.81. The van der Waals surface area contributed by atoms with Crippen LogP contribution >= 0.6 is 11.8 Å². The van der Waals surface area contributed by atoms with Gasteiger partial charge < -0.3 is 4.90 Å². The fourth-order valence-electron chi connectivity index (χ4n) is 2.84. The van der Waals surface area contributed by atoms with Gasteiger partial charge in [0, 0.05) is 24.6 Å². The summed E-state index contributed by atoms with van der Waals surface area (Å²) >= 11 is 1.71. The molecule has 1 heterocycles. The average Bonchev–Trinajstić information content (AvgIpc) is 3.34. The van der Waals surface area contributed by atoms with E-state index in [9.17, 15) is 4.79 Å². The lowest BCUT2D eigenvalue weighted by Gasteiger charge is -2.20. The lowest BCUT2D eigenvalue weighted by atomic mass is 10.2. The minimum Gasteiger partial charge on any atom is -0.323 e. The van der Waals surface area contributed by atoms with Gasteiger partial charge in [0.2, 0.25) is 0 Å². The van der Waals surface area contributed by atoms with Crippen molar-refractivity contribution in [2.45, 2.75) is 37.2 Å². The maximum absolute atomic E-state index is 12.5. The van der Waals surface area contributed by atoms with E-state index in [2.05, 4.69) is 35.7 Å². The molecule has 6 heteroatoms. The average molecular weight is 344 g/mol. The van der Waals surface area contributed by atoms with E-state index in [4.69, 9.17) is 0 Å². The Morgan fingerprint density at radius 3 is 2.96 bits per heavy atom. The smallest absolute Gasteiger partial charge is 0.323 e. The Bertz CT molecular complexity index is 711. The molecule has 0 bridgehead atoms. The highest BCUT2D eigenvalue weighted by Crippen LogP contribution is 2.40. The highest BCUT2D eigenvalue weighted by Gasteiger charge is 2.30. The summed E-state index contributed by atoms with van der Waals surface area (Å²) < 4.78 is 1.93. The fourth-order valence-corrected chi connectivity index (χ4v) is 3.32. The molecule has 0 spiro atoms. The molecule has 128 valence electrons. The van der Waals surface area contributed by atoms with Crippen molar-refractivity contribution < 1.29 is 4.79 Å². The predicted octanol–water partition coefficient (Wildman–Crippen LogP) is 4.24. The monoisotopic (exact) mass is 344 g/mol. The Morgan fingerprint density at radius 2 is 2.25 bits per heavy atom. The molecule has 1 fully saturated rings. The summed E-state index contributed by atoms with van der Waals surface area (Å²) in [6, 6.07) is 10.3. The number of aromatic nitrogens is 2. The van der Waals surface area contributed by atoms with E-state index in [1.807, 2.05) is 29.9 Å². The first-order valence-corrected chi connectivity index (χ1v) is 9.49. The van der Waals surface area contributed by atoms with Crippen molar-refractivity contribution in [3.63, 3.8) is 0 Å². The third-order valence-electron chi connectivity index (χ3n) is 4.50. The summed E-state index contributed by atoms with van der Waals surface area (Å²) in [5, 5.41) is 7.36. The molecule has 1 aliphatic rings. The molecule has 0 saturated heterocycles. The Kier molecular flexibility index (Phi) is 5.14. The van der Waals surface area contributed by atoms with Crippen molar-refractivity contribution in [1.82, 2.24) is 14.7 Å². The summed E-state index contributed by atoms with van der Waals surface area (Å²) in [5.41, 5.74) is 1.12. The molecule has 2 amide bonds. The van der Waals surface area contributed by atoms with Gasteiger partial charge in [-0.15, -0.1) is 11.8 Å². The largest absolute Gasteiger partial charge is 0.323 e. The van der Waals surface area contributed by atoms with Crippen molar-refractivity contribution in [3.05, 3.63) is 42.1 Å². The molecule has 5 nitrogen and oxygen atoms in total. The number of carbonyl (C=O) groups excluding carboxylic acids is 1. The van der Waals surface area contributed by atoms with Gasteiger partial charge in [0.15, 0.2) is 0 Å². The van der Waals surface area contributed by atoms with E-state index >= 15 is 0 Å². The van der Waals surface area contributed by atoms with Crippen molar-refractivity contribution in [1.29, 1.82) is 0 Å². The van der Waals surface area contributed by atoms with Gasteiger partial charge in [0.25, 0.3) is 0 Å². The van der Waals surface area contributed by atoms with Crippen LogP contribution in [-0.4, -0.2) is 34.0 Å². The first-order valence-electron chi connectivity index (χ1n) is 8.27. The van der Waals surface area contributed by atoms with Gasteiger partial charge in [-0.3, -0.25) is 5.32 Å². The molecule has 2 aromatic rings. The van der Waals surface area contributed by atoms with Crippen LogP contribution in [0, 0.1) is 5.92 Å². The quantitative estimate of drug-likeness (QED) is 0.798. The normalized spacial score (nSPS) is 15.1. The first kappa shape index (κ1) is 16.9. The second-order valence-electron chi connectivity index (χ2n) is 6.38. The standard InChI is InChI=1S/C18H24N4OS/c1-13(15-7-8-15)22-17(9-10-19-22)20-18(23)21(2)12-14-5-4-6-16(11-14)24-3/h4-6,9-11,13,15H,7-8,12H2,1-3H3,(H,20,23)/t13-/m0/s1. The zero-order valence-electron chi connectivity index (χ0n) is 14.4. The highest BCUT2D eigenvalue weighted by atomic mass is 32.2. The van der Waals surface area contributed by atoms with Crippen molar-refractivity contribution in [2.24, 2.45) is 5.92 Å². The van der Waals surface area contributed by atoms with Gasteiger partial charge in [-0.05, 0) is 49.6 Å². The molecule has 0 aliphatic heterocycles. The van der Waals surface area contributed by atoms with Crippen LogP contribution in [0.25, 0.3) is 0 Å². The molecule has 1 aliphatic carbocycles. The summed E-state index contributed by atoms with van der Waals surface area (Å²) in [4.78, 5) is 15.4. The van der Waals surface area contributed by atoms with E-state index in [-0.39, 0.29) is 6.03 Å². The van der Waals surface area contributed by atoms with Crippen LogP contribution in [0.4, 0.5) is 10.6 Å². The predicted molar refractivity (Wildman–Crippen MR) is 98.4 cm³/mol. The van der Waals surface area contributed by atoms with E-state index in [0.29, 0.717) is 18.5 Å². The molecule has 1 aromatic heterocycles. The molecule has 1 N–H and O–H groups in total. The van der Waals surface area contributed by atoms with Crippen LogP contribution in [0.1, 0.15) is 31.4 Å². The fraction of sp³-hybridized carbons (Fsp3) is 0.444. The topological polar surface area (TPSA) is 50.2 Å². The van der Waals surface area contributed by atoms with Crippen molar-refractivity contribution in [2.75, 3.05) is 18.6 Å². The maximum Gasteiger partial charge on any atom is 0.323 e. The number of nitrogens with zero attached hydrogens (tertiary/aromatic N) is 3. The first-order chi connectivity index (χ1) is 11.6. The SMILES string of the molecule is CSc1cccc(CN(C)C(=O)Nc2ccnn2[C@@H](C)C2CC2)c1. The van der Waals surface area contributed by atoms with Crippen LogP contribution in [0.3, 0.4) is 0 Å². The van der Waals surface area contributed by atoms with Gasteiger partial charge in [-0.1, -0.05) is 12.1 Å². The summed E-state index contributed by atoms with van der Waals surface area (Å²) in [5.74, 6) is 1.46. The Balaban J connectivity index is 1.63. The lowest BCUT2D eigenvalue weighted by Crippen LogP contribution is -2.32. The Labute approximate surface area is 147 Å². The zero-order chi connectivity index (χ0) is 17.1. The summed E-state index contributed by atoms with van der Waals surface area (Å²) in [6.45, 7) is 2.74. The minimum atomic E-state index is -0.116. The number of anilines is 1. The van der Waals surface area contributed by atoms with Crippen LogP contribution in [0.15, 0.2) is 41.4 Å². The summed E-state index contributed by atoms with van der Waals surface area (Å²) in [6.07, 6.45) is 6.30. The molecule has 1 aromatic carbocycles. The van der Waals surface area contributed by atoms with Gasteiger partial charge in [0.1, 0.15) is 5.82 Å². The third kappa shape index (κ3) is 3.93. The number of carbonyl (C=O) groups is 1. The second-order valence-corrected chi connectivity index (χ2v) is 7.26. The molecule has 0 unspecified atom stereocenters. The number of nitrogens with one attached hydrogen (secondary N) is 1. The number of amides is 2. The molecule has 24 heavy (non-hydrogen) atoms. The Morgan fingerprint density at radius 1 is 1.46 bits per heavy atom. The van der Waals surface area contributed by atoms with Crippen molar-refractivity contribution in [3.8, 4) is 0 Å². The number of urea groups is 1. The van der Waals surface area contributed by atoms with Crippen LogP contribution in [0.2, 0.25) is 0 Å². The lowest BCUT2D eigenvalue weighted by molar-refractivity contribution is 0.220. The second kappa shape index (κ2) is 7.30. The van der Waals surface area contributed by atoms with E-state index in [0.717, 1.165) is 11.4 Å². The van der Waals surface area contributed by atoms with Gasteiger partial charge in [0.05, 0.1) is 12.2 Å². The van der Waals surface area contributed by atoms with Gasteiger partial charge in [-0.2, -0.15) is 5.10 Å².